The van der Waals surface area contributed by atoms with Crippen LogP contribution in [0.2, 0.25) is 0 Å². The van der Waals surface area contributed by atoms with Crippen molar-refractivity contribution in [1.82, 2.24) is 5.32 Å². The normalized spacial score (nSPS) is 16.9. The minimum atomic E-state index is 0.243. The molecule has 2 nitrogen and oxygen atoms in total. The van der Waals surface area contributed by atoms with E-state index in [-0.39, 0.29) is 5.92 Å². The van der Waals surface area contributed by atoms with Crippen LogP contribution in [-0.2, 0) is 10.5 Å². The predicted molar refractivity (Wildman–Crippen MR) is 78.4 cm³/mol. The summed E-state index contributed by atoms with van der Waals surface area (Å²) in [6.07, 6.45) is 0.781. The second-order valence-electron chi connectivity index (χ2n) is 4.60. The third-order valence-electron chi connectivity index (χ3n) is 3.51. The lowest BCUT2D eigenvalue weighted by Gasteiger charge is -2.19. The number of hydrogen-bond acceptors (Lipinski definition) is 2. The molecule has 0 unspecified atom stereocenters. The molecule has 3 heteroatoms. The van der Waals surface area contributed by atoms with Crippen molar-refractivity contribution in [3.63, 3.8) is 0 Å². The maximum absolute atomic E-state index is 10.6. The Morgan fingerprint density at radius 3 is 2.68 bits per heavy atom. The molecule has 1 aliphatic heterocycles. The van der Waals surface area contributed by atoms with Crippen molar-refractivity contribution in [2.45, 2.75) is 16.6 Å². The third kappa shape index (κ3) is 2.38. The summed E-state index contributed by atoms with van der Waals surface area (Å²) in [5.41, 5.74) is 4.00. The Balaban J connectivity index is 2.10. The van der Waals surface area contributed by atoms with Crippen LogP contribution in [0.15, 0.2) is 53.4 Å². The first kappa shape index (κ1) is 12.3. The molecule has 0 spiro atoms. The average Bonchev–Trinajstić information content (AvgIpc) is 2.62. The summed E-state index contributed by atoms with van der Waals surface area (Å²) < 4.78 is 0. The first-order valence-electron chi connectivity index (χ1n) is 6.36. The van der Waals surface area contributed by atoms with Crippen LogP contribution in [-0.4, -0.2) is 13.0 Å². The van der Waals surface area contributed by atoms with E-state index in [1.807, 2.05) is 11.8 Å². The monoisotopic (exact) mass is 269 g/mol. The molecule has 2 aromatic rings. The Labute approximate surface area is 117 Å². The predicted octanol–water partition coefficient (Wildman–Crippen LogP) is 3.17. The van der Waals surface area contributed by atoms with Crippen molar-refractivity contribution in [3.05, 3.63) is 65.2 Å². The Morgan fingerprint density at radius 1 is 1.11 bits per heavy atom. The second-order valence-corrected chi connectivity index (χ2v) is 5.62. The molecule has 0 radical (unpaired) electrons. The van der Waals surface area contributed by atoms with Crippen LogP contribution in [0.1, 0.15) is 22.6 Å². The minimum Gasteiger partial charge on any atom is -0.358 e. The zero-order valence-electron chi connectivity index (χ0n) is 10.5. The molecule has 0 fully saturated rings. The molecule has 1 heterocycles. The van der Waals surface area contributed by atoms with Gasteiger partial charge in [0.2, 0.25) is 6.41 Å². The van der Waals surface area contributed by atoms with Crippen molar-refractivity contribution in [2.24, 2.45) is 0 Å². The van der Waals surface area contributed by atoms with E-state index in [9.17, 15) is 4.79 Å². The summed E-state index contributed by atoms with van der Waals surface area (Å²) in [7, 11) is 0. The van der Waals surface area contributed by atoms with Gasteiger partial charge in [0.25, 0.3) is 0 Å². The molecule has 0 saturated heterocycles. The van der Waals surface area contributed by atoms with Crippen molar-refractivity contribution in [2.75, 3.05) is 6.54 Å². The van der Waals surface area contributed by atoms with Gasteiger partial charge in [0.15, 0.2) is 0 Å². The lowest BCUT2D eigenvalue weighted by Crippen LogP contribution is -2.21. The number of fused-ring (bicyclic) bond motifs is 2. The highest BCUT2D eigenvalue weighted by atomic mass is 32.2. The number of nitrogens with one attached hydrogen (secondary N) is 1. The van der Waals surface area contributed by atoms with E-state index in [2.05, 4.69) is 53.8 Å². The van der Waals surface area contributed by atoms with Gasteiger partial charge in [-0.2, -0.15) is 0 Å². The van der Waals surface area contributed by atoms with Crippen molar-refractivity contribution in [1.29, 1.82) is 0 Å². The summed E-state index contributed by atoms with van der Waals surface area (Å²) in [6.45, 7) is 0.651. The number of benzene rings is 2. The topological polar surface area (TPSA) is 29.1 Å². The number of carbonyl (C=O) groups is 1. The fraction of sp³-hybridized carbons (Fsp3) is 0.188. The molecule has 2 aromatic carbocycles. The molecule has 1 amide bonds. The maximum atomic E-state index is 10.6. The van der Waals surface area contributed by atoms with Crippen molar-refractivity contribution in [3.8, 4) is 0 Å². The second kappa shape index (κ2) is 5.49. The number of hydrogen-bond donors (Lipinski definition) is 1. The summed E-state index contributed by atoms with van der Waals surface area (Å²) in [5, 5.41) is 2.84. The molecule has 1 aliphatic rings. The molecule has 0 saturated carbocycles. The van der Waals surface area contributed by atoms with Gasteiger partial charge >= 0.3 is 0 Å². The zero-order valence-corrected chi connectivity index (χ0v) is 11.3. The summed E-state index contributed by atoms with van der Waals surface area (Å²) in [6, 6.07) is 17.0. The van der Waals surface area contributed by atoms with E-state index in [4.69, 9.17) is 0 Å². The quantitative estimate of drug-likeness (QED) is 0.867. The van der Waals surface area contributed by atoms with Gasteiger partial charge < -0.3 is 5.32 Å². The molecule has 0 bridgehead atoms. The Kier molecular flexibility index (Phi) is 3.56. The van der Waals surface area contributed by atoms with Crippen LogP contribution in [0.5, 0.6) is 0 Å². The van der Waals surface area contributed by atoms with Crippen LogP contribution >= 0.6 is 11.8 Å². The van der Waals surface area contributed by atoms with Crippen LogP contribution < -0.4 is 5.32 Å². The first-order chi connectivity index (χ1) is 9.40. The van der Waals surface area contributed by atoms with Gasteiger partial charge in [-0.3, -0.25) is 4.79 Å². The number of rotatable bonds is 3. The smallest absolute Gasteiger partial charge is 0.207 e. The molecular weight excluding hydrogens is 254 g/mol. The van der Waals surface area contributed by atoms with E-state index in [0.29, 0.717) is 6.54 Å². The van der Waals surface area contributed by atoms with Gasteiger partial charge in [-0.05, 0) is 22.8 Å². The van der Waals surface area contributed by atoms with Gasteiger partial charge in [-0.25, -0.2) is 0 Å². The van der Waals surface area contributed by atoms with E-state index in [1.165, 1.54) is 21.6 Å². The average molecular weight is 269 g/mol. The van der Waals surface area contributed by atoms with Gasteiger partial charge in [-0.15, -0.1) is 11.8 Å². The molecule has 1 atom stereocenters. The standard InChI is InChI=1S/C16H15NOS/c18-11-17-9-15-13-6-2-1-5-12(13)10-19-16-8-4-3-7-14(15)16/h1-8,11,15H,9-10H2,(H,17,18)/t15-/m0/s1. The van der Waals surface area contributed by atoms with E-state index in [0.717, 1.165) is 12.2 Å². The Morgan fingerprint density at radius 2 is 1.84 bits per heavy atom. The van der Waals surface area contributed by atoms with Gasteiger partial charge in [0, 0.05) is 23.1 Å². The highest BCUT2D eigenvalue weighted by molar-refractivity contribution is 7.98. The molecule has 3 rings (SSSR count). The van der Waals surface area contributed by atoms with Gasteiger partial charge in [0.1, 0.15) is 0 Å². The largest absolute Gasteiger partial charge is 0.358 e. The Hall–Kier alpha value is -1.74. The van der Waals surface area contributed by atoms with E-state index >= 15 is 0 Å². The lowest BCUT2D eigenvalue weighted by molar-refractivity contribution is -0.109. The summed E-state index contributed by atoms with van der Waals surface area (Å²) in [5.74, 6) is 1.23. The van der Waals surface area contributed by atoms with Gasteiger partial charge in [0.05, 0.1) is 0 Å². The molecule has 19 heavy (non-hydrogen) atoms. The fourth-order valence-electron chi connectivity index (χ4n) is 2.61. The van der Waals surface area contributed by atoms with Crippen LogP contribution in [0.25, 0.3) is 0 Å². The number of carbonyl (C=O) groups excluding carboxylic acids is 1. The van der Waals surface area contributed by atoms with E-state index in [1.54, 1.807) is 0 Å². The molecular formula is C16H15NOS. The minimum absolute atomic E-state index is 0.243. The van der Waals surface area contributed by atoms with Gasteiger partial charge in [-0.1, -0.05) is 42.5 Å². The SMILES string of the molecule is O=CNC[C@H]1c2ccccc2CSc2ccccc21. The fourth-order valence-corrected chi connectivity index (χ4v) is 3.74. The van der Waals surface area contributed by atoms with Crippen molar-refractivity contribution < 1.29 is 4.79 Å². The van der Waals surface area contributed by atoms with Crippen LogP contribution in [0.3, 0.4) is 0 Å². The van der Waals surface area contributed by atoms with Crippen LogP contribution in [0.4, 0.5) is 0 Å². The number of thioether (sulfide) groups is 1. The van der Waals surface area contributed by atoms with Crippen LogP contribution in [0, 0.1) is 0 Å². The van der Waals surface area contributed by atoms with E-state index < -0.39 is 0 Å². The highest BCUT2D eigenvalue weighted by Crippen LogP contribution is 2.39. The molecule has 0 aromatic heterocycles. The third-order valence-corrected chi connectivity index (χ3v) is 4.65. The Bertz CT molecular complexity index is 549. The molecule has 1 N–H and O–H groups in total. The first-order valence-corrected chi connectivity index (χ1v) is 7.35. The summed E-state index contributed by atoms with van der Waals surface area (Å²) >= 11 is 1.87. The van der Waals surface area contributed by atoms with Crippen molar-refractivity contribution >= 4 is 18.2 Å². The lowest BCUT2D eigenvalue weighted by atomic mass is 9.88. The maximum Gasteiger partial charge on any atom is 0.207 e. The number of amides is 1. The highest BCUT2D eigenvalue weighted by Gasteiger charge is 2.23. The summed E-state index contributed by atoms with van der Waals surface area (Å²) in [4.78, 5) is 12.0. The molecule has 96 valence electrons. The molecule has 0 aliphatic carbocycles. The zero-order chi connectivity index (χ0) is 13.1.